The molecule has 1 heterocycles. The summed E-state index contributed by atoms with van der Waals surface area (Å²) in [4.78, 5) is 0.379. The second-order valence-corrected chi connectivity index (χ2v) is 8.24. The van der Waals surface area contributed by atoms with E-state index in [0.717, 1.165) is 31.5 Å². The van der Waals surface area contributed by atoms with Gasteiger partial charge >= 0.3 is 0 Å². The summed E-state index contributed by atoms with van der Waals surface area (Å²) in [6.07, 6.45) is 4.58. The predicted molar refractivity (Wildman–Crippen MR) is 84.7 cm³/mol. The fourth-order valence-electron chi connectivity index (χ4n) is 2.25. The normalized spacial score (nSPS) is 17.4. The maximum Gasteiger partial charge on any atom is 0.242 e. The van der Waals surface area contributed by atoms with Crippen molar-refractivity contribution in [2.24, 2.45) is 0 Å². The van der Waals surface area contributed by atoms with E-state index in [1.807, 2.05) is 11.5 Å². The Morgan fingerprint density at radius 2 is 2.05 bits per heavy atom. The summed E-state index contributed by atoms with van der Waals surface area (Å²) in [6, 6.07) is 2.16. The number of nitrogens with one attached hydrogen (secondary N) is 2. The largest absolute Gasteiger partial charge is 0.349 e. The summed E-state index contributed by atoms with van der Waals surface area (Å²) in [5.74, 6) is 0. The van der Waals surface area contributed by atoms with E-state index >= 15 is 0 Å². The zero-order valence-corrected chi connectivity index (χ0v) is 14.3. The second kappa shape index (κ2) is 6.10. The minimum atomic E-state index is -3.41. The highest BCUT2D eigenvalue weighted by Gasteiger charge is 2.41. The smallest absolute Gasteiger partial charge is 0.242 e. The van der Waals surface area contributed by atoms with E-state index < -0.39 is 10.0 Å². The number of aryl methyl sites for hydroxylation is 1. The van der Waals surface area contributed by atoms with Gasteiger partial charge in [-0.3, -0.25) is 0 Å². The van der Waals surface area contributed by atoms with Gasteiger partial charge in [-0.1, -0.05) is 20.8 Å². The van der Waals surface area contributed by atoms with Gasteiger partial charge in [0, 0.05) is 36.6 Å². The number of nitrogens with zero attached hydrogens (tertiary/aromatic N) is 1. The molecule has 0 aromatic carbocycles. The third kappa shape index (κ3) is 4.31. The molecule has 0 aliphatic heterocycles. The first kappa shape index (κ1) is 16.5. The van der Waals surface area contributed by atoms with Crippen LogP contribution in [-0.2, 0) is 23.1 Å². The zero-order valence-electron chi connectivity index (χ0n) is 13.4. The molecule has 21 heavy (non-hydrogen) atoms. The second-order valence-electron chi connectivity index (χ2n) is 6.56. The lowest BCUT2D eigenvalue weighted by Crippen LogP contribution is -2.34. The van der Waals surface area contributed by atoms with Gasteiger partial charge in [-0.15, -0.1) is 0 Å². The van der Waals surface area contributed by atoms with Gasteiger partial charge in [-0.05, 0) is 32.3 Å². The van der Waals surface area contributed by atoms with E-state index in [-0.39, 0.29) is 5.54 Å². The lowest BCUT2D eigenvalue weighted by atomic mass is 10.3. The highest BCUT2D eigenvalue weighted by atomic mass is 32.2. The molecule has 2 N–H and O–H groups in total. The molecule has 0 unspecified atom stereocenters. The maximum absolute atomic E-state index is 12.5. The molecule has 1 aliphatic carbocycles. The summed E-state index contributed by atoms with van der Waals surface area (Å²) in [5, 5.41) is 3.35. The average Bonchev–Trinajstić information content (AvgIpc) is 2.93. The summed E-state index contributed by atoms with van der Waals surface area (Å²) in [6.45, 7) is 9.74. The molecule has 0 saturated heterocycles. The van der Waals surface area contributed by atoms with Crippen molar-refractivity contribution in [2.45, 2.75) is 76.5 Å². The highest BCUT2D eigenvalue weighted by molar-refractivity contribution is 7.89. The minimum absolute atomic E-state index is 0.234. The van der Waals surface area contributed by atoms with Crippen LogP contribution in [0, 0.1) is 0 Å². The monoisotopic (exact) mass is 313 g/mol. The fraction of sp³-hybridized carbons (Fsp3) is 0.733. The van der Waals surface area contributed by atoms with E-state index in [1.54, 1.807) is 12.3 Å². The molecular weight excluding hydrogens is 286 g/mol. The number of hydrogen-bond acceptors (Lipinski definition) is 3. The van der Waals surface area contributed by atoms with E-state index in [9.17, 15) is 8.42 Å². The number of sulfonamides is 1. The van der Waals surface area contributed by atoms with E-state index in [2.05, 4.69) is 30.8 Å². The van der Waals surface area contributed by atoms with Crippen molar-refractivity contribution in [3.8, 4) is 0 Å². The van der Waals surface area contributed by atoms with Crippen molar-refractivity contribution in [1.29, 1.82) is 0 Å². The van der Waals surface area contributed by atoms with Crippen LogP contribution in [0.15, 0.2) is 17.2 Å². The Morgan fingerprint density at radius 3 is 2.57 bits per heavy atom. The molecule has 6 heteroatoms. The van der Waals surface area contributed by atoms with Gasteiger partial charge in [-0.25, -0.2) is 13.1 Å². The number of aromatic nitrogens is 1. The van der Waals surface area contributed by atoms with Gasteiger partial charge in [0.05, 0.1) is 4.90 Å². The molecule has 120 valence electrons. The lowest BCUT2D eigenvalue weighted by Gasteiger charge is -2.10. The van der Waals surface area contributed by atoms with Crippen LogP contribution >= 0.6 is 0 Å². The van der Waals surface area contributed by atoms with Crippen molar-refractivity contribution in [2.75, 3.05) is 0 Å². The van der Waals surface area contributed by atoms with Crippen LogP contribution in [0.2, 0.25) is 0 Å². The van der Waals surface area contributed by atoms with Crippen molar-refractivity contribution in [1.82, 2.24) is 14.6 Å². The molecule has 2 rings (SSSR count). The van der Waals surface area contributed by atoms with Gasteiger partial charge in [-0.2, -0.15) is 0 Å². The zero-order chi connectivity index (χ0) is 15.7. The SMILES string of the molecule is CCCn1cc(S(=O)(=O)NC2(C)CC2)cc1CNC(C)C. The highest BCUT2D eigenvalue weighted by Crippen LogP contribution is 2.36. The summed E-state index contributed by atoms with van der Waals surface area (Å²) >= 11 is 0. The molecule has 0 spiro atoms. The third-order valence-electron chi connectivity index (χ3n) is 3.81. The summed E-state index contributed by atoms with van der Waals surface area (Å²) in [7, 11) is -3.41. The van der Waals surface area contributed by atoms with Crippen molar-refractivity contribution >= 4 is 10.0 Å². The Labute approximate surface area is 128 Å². The molecule has 1 aromatic heterocycles. The van der Waals surface area contributed by atoms with Gasteiger partial charge in [0.2, 0.25) is 10.0 Å². The van der Waals surface area contributed by atoms with E-state index in [0.29, 0.717) is 17.5 Å². The topological polar surface area (TPSA) is 63.1 Å². The van der Waals surface area contributed by atoms with Gasteiger partial charge in [0.15, 0.2) is 0 Å². The lowest BCUT2D eigenvalue weighted by molar-refractivity contribution is 0.551. The molecule has 0 atom stereocenters. The summed E-state index contributed by atoms with van der Waals surface area (Å²) in [5.41, 5.74) is 0.786. The molecule has 1 aromatic rings. The number of rotatable bonds is 8. The van der Waals surface area contributed by atoms with Gasteiger partial charge in [0.25, 0.3) is 0 Å². The maximum atomic E-state index is 12.5. The first-order valence-corrected chi connectivity index (χ1v) is 9.20. The van der Waals surface area contributed by atoms with Crippen LogP contribution in [0.1, 0.15) is 52.7 Å². The molecule has 0 amide bonds. The molecule has 0 radical (unpaired) electrons. The van der Waals surface area contributed by atoms with Crippen molar-refractivity contribution in [3.05, 3.63) is 18.0 Å². The first-order chi connectivity index (χ1) is 9.76. The first-order valence-electron chi connectivity index (χ1n) is 7.72. The Morgan fingerprint density at radius 1 is 1.38 bits per heavy atom. The third-order valence-corrected chi connectivity index (χ3v) is 5.41. The Kier molecular flexibility index (Phi) is 4.80. The molecule has 1 fully saturated rings. The van der Waals surface area contributed by atoms with Crippen molar-refractivity contribution < 1.29 is 8.42 Å². The van der Waals surface area contributed by atoms with Crippen molar-refractivity contribution in [3.63, 3.8) is 0 Å². The quantitative estimate of drug-likeness (QED) is 0.773. The molecule has 1 saturated carbocycles. The van der Waals surface area contributed by atoms with Crippen LogP contribution in [0.4, 0.5) is 0 Å². The molecular formula is C15H27N3O2S. The van der Waals surface area contributed by atoms with E-state index in [1.165, 1.54) is 0 Å². The van der Waals surface area contributed by atoms with Crippen LogP contribution in [0.5, 0.6) is 0 Å². The van der Waals surface area contributed by atoms with Crippen LogP contribution in [0.25, 0.3) is 0 Å². The molecule has 5 nitrogen and oxygen atoms in total. The summed E-state index contributed by atoms with van der Waals surface area (Å²) < 4.78 is 29.8. The average molecular weight is 313 g/mol. The Hall–Kier alpha value is -0.850. The Bertz CT molecular complexity index is 586. The Balaban J connectivity index is 2.21. The van der Waals surface area contributed by atoms with Crippen LogP contribution in [-0.4, -0.2) is 24.6 Å². The van der Waals surface area contributed by atoms with Gasteiger partial charge in [0.1, 0.15) is 0 Å². The molecule has 0 bridgehead atoms. The predicted octanol–water partition coefficient (Wildman–Crippen LogP) is 2.23. The fourth-order valence-corrected chi connectivity index (χ4v) is 3.78. The van der Waals surface area contributed by atoms with Crippen LogP contribution in [0.3, 0.4) is 0 Å². The van der Waals surface area contributed by atoms with Crippen LogP contribution < -0.4 is 10.0 Å². The standard InChI is InChI=1S/C15H27N3O2S/c1-5-8-18-11-14(9-13(18)10-16-12(2)3)21(19,20)17-15(4)6-7-15/h9,11-12,16-17H,5-8,10H2,1-4H3. The number of hydrogen-bond donors (Lipinski definition) is 2. The molecule has 1 aliphatic rings. The van der Waals surface area contributed by atoms with E-state index in [4.69, 9.17) is 0 Å². The van der Waals surface area contributed by atoms with Gasteiger partial charge < -0.3 is 9.88 Å². The minimum Gasteiger partial charge on any atom is -0.349 e.